The Labute approximate surface area is 104 Å². The molecule has 0 spiro atoms. The fourth-order valence-electron chi connectivity index (χ4n) is 1.78. The molecule has 1 N–H and O–H groups in total. The molecule has 0 aliphatic rings. The van der Waals surface area contributed by atoms with E-state index in [2.05, 4.69) is 5.32 Å². The summed E-state index contributed by atoms with van der Waals surface area (Å²) < 4.78 is 17.9. The van der Waals surface area contributed by atoms with Crippen LogP contribution in [0.1, 0.15) is 17.2 Å². The molecule has 0 fully saturated rings. The molecule has 0 saturated carbocycles. The third-order valence-corrected chi connectivity index (χ3v) is 3.03. The summed E-state index contributed by atoms with van der Waals surface area (Å²) in [5.41, 5.74) is 1.96. The highest BCUT2D eigenvalue weighted by molar-refractivity contribution is 6.29. The van der Waals surface area contributed by atoms with Gasteiger partial charge in [-0.25, -0.2) is 4.39 Å². The summed E-state index contributed by atoms with van der Waals surface area (Å²) in [7, 11) is 1.86. The molecular formula is C13H13ClFNO. The predicted octanol–water partition coefficient (Wildman–Crippen LogP) is 3.58. The average molecular weight is 254 g/mol. The van der Waals surface area contributed by atoms with Gasteiger partial charge >= 0.3 is 0 Å². The number of benzene rings is 1. The Morgan fingerprint density at radius 2 is 2.00 bits per heavy atom. The summed E-state index contributed by atoms with van der Waals surface area (Å²) >= 11 is 5.94. The molecule has 0 bridgehead atoms. The van der Waals surface area contributed by atoms with Crippen molar-refractivity contribution in [3.8, 4) is 0 Å². The second-order valence-corrected chi connectivity index (χ2v) is 4.16. The van der Waals surface area contributed by atoms with Crippen molar-refractivity contribution in [1.82, 2.24) is 5.32 Å². The molecule has 90 valence electrons. The van der Waals surface area contributed by atoms with Crippen LogP contribution < -0.4 is 5.32 Å². The quantitative estimate of drug-likeness (QED) is 0.901. The van der Waals surface area contributed by atoms with Gasteiger partial charge in [-0.2, -0.15) is 0 Å². The van der Waals surface area contributed by atoms with Gasteiger partial charge in [0.25, 0.3) is 0 Å². The summed E-state index contributed by atoms with van der Waals surface area (Å²) in [4.78, 5) is 0. The molecule has 2 nitrogen and oxygen atoms in total. The monoisotopic (exact) mass is 253 g/mol. The van der Waals surface area contributed by atoms with Crippen LogP contribution in [-0.4, -0.2) is 7.05 Å². The van der Waals surface area contributed by atoms with E-state index < -0.39 is 0 Å². The molecular weight excluding hydrogens is 241 g/mol. The van der Waals surface area contributed by atoms with Crippen molar-refractivity contribution >= 4 is 11.6 Å². The third kappa shape index (κ3) is 2.87. The van der Waals surface area contributed by atoms with Crippen molar-refractivity contribution in [2.45, 2.75) is 12.5 Å². The molecule has 0 aliphatic heterocycles. The lowest BCUT2D eigenvalue weighted by Gasteiger charge is -2.15. The largest absolute Gasteiger partial charge is 0.453 e. The molecule has 1 unspecified atom stereocenters. The van der Waals surface area contributed by atoms with Crippen LogP contribution in [0, 0.1) is 5.82 Å². The van der Waals surface area contributed by atoms with Crippen LogP contribution >= 0.6 is 11.6 Å². The van der Waals surface area contributed by atoms with Crippen LogP contribution in [0.5, 0.6) is 0 Å². The van der Waals surface area contributed by atoms with Crippen LogP contribution in [0.15, 0.2) is 41.0 Å². The zero-order valence-electron chi connectivity index (χ0n) is 9.41. The van der Waals surface area contributed by atoms with Crippen molar-refractivity contribution in [2.24, 2.45) is 0 Å². The first-order chi connectivity index (χ1) is 8.20. The highest BCUT2D eigenvalue weighted by Gasteiger charge is 2.15. The van der Waals surface area contributed by atoms with Crippen molar-refractivity contribution < 1.29 is 8.81 Å². The van der Waals surface area contributed by atoms with Gasteiger partial charge < -0.3 is 9.73 Å². The van der Waals surface area contributed by atoms with Gasteiger partial charge in [-0.05, 0) is 48.8 Å². The Balaban J connectivity index is 2.16. The molecule has 2 rings (SSSR count). The highest BCUT2D eigenvalue weighted by atomic mass is 35.5. The SMILES string of the molecule is CNC(Cc1ccc(F)cc1)c1ccoc1Cl. The zero-order chi connectivity index (χ0) is 12.3. The Morgan fingerprint density at radius 3 is 2.53 bits per heavy atom. The smallest absolute Gasteiger partial charge is 0.197 e. The number of hydrogen-bond donors (Lipinski definition) is 1. The first-order valence-electron chi connectivity index (χ1n) is 5.35. The lowest BCUT2D eigenvalue weighted by molar-refractivity contribution is 0.544. The van der Waals surface area contributed by atoms with Crippen molar-refractivity contribution in [1.29, 1.82) is 0 Å². The molecule has 1 heterocycles. The summed E-state index contributed by atoms with van der Waals surface area (Å²) in [5.74, 6) is -0.226. The number of likely N-dealkylation sites (N-methyl/N-ethyl adjacent to an activating group) is 1. The van der Waals surface area contributed by atoms with E-state index in [-0.39, 0.29) is 11.9 Å². The van der Waals surface area contributed by atoms with E-state index in [1.165, 1.54) is 12.1 Å². The van der Waals surface area contributed by atoms with E-state index in [1.807, 2.05) is 13.1 Å². The normalized spacial score (nSPS) is 12.6. The first kappa shape index (κ1) is 12.1. The summed E-state index contributed by atoms with van der Waals surface area (Å²) in [5, 5.41) is 3.57. The van der Waals surface area contributed by atoms with Crippen molar-refractivity contribution in [2.75, 3.05) is 7.05 Å². The lowest BCUT2D eigenvalue weighted by atomic mass is 10.0. The minimum Gasteiger partial charge on any atom is -0.453 e. The van der Waals surface area contributed by atoms with Gasteiger partial charge in [-0.15, -0.1) is 0 Å². The van der Waals surface area contributed by atoms with Gasteiger partial charge in [0.1, 0.15) is 5.82 Å². The topological polar surface area (TPSA) is 25.2 Å². The average Bonchev–Trinajstić information content (AvgIpc) is 2.75. The second-order valence-electron chi connectivity index (χ2n) is 3.82. The predicted molar refractivity (Wildman–Crippen MR) is 65.6 cm³/mol. The van der Waals surface area contributed by atoms with E-state index in [9.17, 15) is 4.39 Å². The Morgan fingerprint density at radius 1 is 1.29 bits per heavy atom. The maximum Gasteiger partial charge on any atom is 0.197 e. The molecule has 4 heteroatoms. The second kappa shape index (κ2) is 5.34. The van der Waals surface area contributed by atoms with Crippen LogP contribution in [0.2, 0.25) is 5.22 Å². The molecule has 0 saturated heterocycles. The van der Waals surface area contributed by atoms with Crippen LogP contribution in [0.25, 0.3) is 0 Å². The number of hydrogen-bond acceptors (Lipinski definition) is 2. The van der Waals surface area contributed by atoms with Crippen LogP contribution in [0.4, 0.5) is 4.39 Å². The molecule has 0 radical (unpaired) electrons. The van der Waals surface area contributed by atoms with E-state index in [1.54, 1.807) is 18.4 Å². The Bertz CT molecular complexity index is 480. The molecule has 1 aromatic carbocycles. The van der Waals surface area contributed by atoms with Gasteiger partial charge in [-0.3, -0.25) is 0 Å². The maximum atomic E-state index is 12.8. The standard InChI is InChI=1S/C13H13ClFNO/c1-16-12(11-6-7-17-13(11)14)8-9-2-4-10(15)5-3-9/h2-7,12,16H,8H2,1H3. The van der Waals surface area contributed by atoms with Gasteiger partial charge in [0.05, 0.1) is 6.26 Å². The van der Waals surface area contributed by atoms with Crippen LogP contribution in [0.3, 0.4) is 0 Å². The van der Waals surface area contributed by atoms with E-state index in [0.29, 0.717) is 5.22 Å². The van der Waals surface area contributed by atoms with E-state index in [4.69, 9.17) is 16.0 Å². The fraction of sp³-hybridized carbons (Fsp3) is 0.231. The van der Waals surface area contributed by atoms with E-state index in [0.717, 1.165) is 17.5 Å². The maximum absolute atomic E-state index is 12.8. The number of furan rings is 1. The number of rotatable bonds is 4. The fourth-order valence-corrected chi connectivity index (χ4v) is 2.02. The summed E-state index contributed by atoms with van der Waals surface area (Å²) in [6, 6.07) is 8.36. The van der Waals surface area contributed by atoms with Gasteiger partial charge in [0.2, 0.25) is 0 Å². The molecule has 0 aliphatic carbocycles. The molecule has 0 amide bonds. The Kier molecular flexibility index (Phi) is 3.82. The van der Waals surface area contributed by atoms with E-state index >= 15 is 0 Å². The van der Waals surface area contributed by atoms with Gasteiger partial charge in [0, 0.05) is 11.6 Å². The summed E-state index contributed by atoms with van der Waals surface area (Å²) in [6.45, 7) is 0. The molecule has 1 aromatic heterocycles. The third-order valence-electron chi connectivity index (χ3n) is 2.72. The first-order valence-corrected chi connectivity index (χ1v) is 5.73. The van der Waals surface area contributed by atoms with Crippen LogP contribution in [-0.2, 0) is 6.42 Å². The highest BCUT2D eigenvalue weighted by Crippen LogP contribution is 2.26. The van der Waals surface area contributed by atoms with Crippen molar-refractivity contribution in [3.05, 3.63) is 58.8 Å². The molecule has 1 atom stereocenters. The van der Waals surface area contributed by atoms with Crippen molar-refractivity contribution in [3.63, 3.8) is 0 Å². The minimum atomic E-state index is -0.226. The molecule has 17 heavy (non-hydrogen) atoms. The Hall–Kier alpha value is -1.32. The number of halogens is 2. The van der Waals surface area contributed by atoms with Gasteiger partial charge in [-0.1, -0.05) is 12.1 Å². The number of nitrogens with one attached hydrogen (secondary N) is 1. The lowest BCUT2D eigenvalue weighted by Crippen LogP contribution is -2.18. The molecule has 2 aromatic rings. The zero-order valence-corrected chi connectivity index (χ0v) is 10.2. The summed E-state index contributed by atoms with van der Waals surface area (Å²) in [6.07, 6.45) is 2.29. The van der Waals surface area contributed by atoms with Gasteiger partial charge in [0.15, 0.2) is 5.22 Å². The minimum absolute atomic E-state index is 0.0618.